The van der Waals surface area contributed by atoms with Gasteiger partial charge in [0.25, 0.3) is 0 Å². The summed E-state index contributed by atoms with van der Waals surface area (Å²) >= 11 is 0. The van der Waals surface area contributed by atoms with Gasteiger partial charge in [-0.1, -0.05) is 0 Å². The minimum atomic E-state index is -1.95. The molecule has 1 aromatic heterocycles. The lowest BCUT2D eigenvalue weighted by molar-refractivity contribution is 0.366. The number of methoxy groups -OCH3 is 2. The molecular weight excluding hydrogens is 256 g/mol. The van der Waals surface area contributed by atoms with Gasteiger partial charge >= 0.3 is 0 Å². The molecule has 1 heterocycles. The lowest BCUT2D eigenvalue weighted by Gasteiger charge is -2.10. The minimum absolute atomic E-state index is 0.471. The molecule has 0 aliphatic carbocycles. The van der Waals surface area contributed by atoms with Crippen LogP contribution in [0.4, 0.5) is 17.6 Å². The molecule has 8 heteroatoms. The average molecular weight is 262 g/mol. The Morgan fingerprint density at radius 3 is 1.28 bits per heavy atom. The van der Waals surface area contributed by atoms with Crippen LogP contribution in [0.3, 0.4) is 0 Å². The zero-order chi connectivity index (χ0) is 13.4. The van der Waals surface area contributed by atoms with Crippen LogP contribution in [0.2, 0.25) is 0 Å². The molecule has 0 saturated carbocycles. The van der Waals surface area contributed by atoms with Crippen LogP contribution in [0.25, 0.3) is 10.8 Å². The first kappa shape index (κ1) is 12.3. The number of aromatic nitrogens is 2. The van der Waals surface area contributed by atoms with E-state index in [2.05, 4.69) is 19.7 Å². The summed E-state index contributed by atoms with van der Waals surface area (Å²) in [6.45, 7) is 0. The Hall–Kier alpha value is -2.12. The van der Waals surface area contributed by atoms with Crippen molar-refractivity contribution in [3.8, 4) is 11.8 Å². The number of benzene rings is 1. The fourth-order valence-electron chi connectivity index (χ4n) is 1.51. The summed E-state index contributed by atoms with van der Waals surface area (Å²) in [6, 6.07) is 0. The normalized spacial score (nSPS) is 10.8. The maximum atomic E-state index is 13.6. The zero-order valence-corrected chi connectivity index (χ0v) is 9.22. The topological polar surface area (TPSA) is 44.2 Å². The second kappa shape index (κ2) is 4.28. The van der Waals surface area contributed by atoms with E-state index in [0.29, 0.717) is 0 Å². The molecule has 4 nitrogen and oxygen atoms in total. The third-order valence-corrected chi connectivity index (χ3v) is 2.31. The van der Waals surface area contributed by atoms with Crippen molar-refractivity contribution < 1.29 is 27.0 Å². The lowest BCUT2D eigenvalue weighted by atomic mass is 10.1. The second-order valence-electron chi connectivity index (χ2n) is 3.22. The Kier molecular flexibility index (Phi) is 2.93. The molecule has 0 atom stereocenters. The molecule has 0 aliphatic heterocycles. The van der Waals surface area contributed by atoms with Gasteiger partial charge in [0.15, 0.2) is 23.3 Å². The van der Waals surface area contributed by atoms with Crippen molar-refractivity contribution in [2.75, 3.05) is 14.2 Å². The van der Waals surface area contributed by atoms with E-state index in [1.165, 1.54) is 0 Å². The van der Waals surface area contributed by atoms with Crippen LogP contribution in [0.1, 0.15) is 0 Å². The van der Waals surface area contributed by atoms with Gasteiger partial charge in [0.2, 0.25) is 11.8 Å². The van der Waals surface area contributed by atoms with Gasteiger partial charge in [0.05, 0.1) is 25.0 Å². The summed E-state index contributed by atoms with van der Waals surface area (Å²) in [7, 11) is 2.21. The molecule has 2 aromatic rings. The predicted octanol–water partition coefficient (Wildman–Crippen LogP) is 2.20. The van der Waals surface area contributed by atoms with Crippen molar-refractivity contribution in [1.29, 1.82) is 0 Å². The van der Waals surface area contributed by atoms with Gasteiger partial charge in [0, 0.05) is 0 Å². The molecular formula is C10H6F4N2O2. The molecule has 2 rings (SSSR count). The van der Waals surface area contributed by atoms with Crippen LogP contribution in [0.15, 0.2) is 0 Å². The Morgan fingerprint density at radius 2 is 1.00 bits per heavy atom. The molecule has 1 aromatic carbocycles. The van der Waals surface area contributed by atoms with E-state index in [4.69, 9.17) is 0 Å². The van der Waals surface area contributed by atoms with E-state index in [9.17, 15) is 17.6 Å². The Labute approximate surface area is 98.1 Å². The standard InChI is InChI=1S/C10H6F4N2O2/c1-17-9-3-4(10(18-2)16-15-9)6(12)8(14)7(13)5(3)11/h1-2H3. The number of fused-ring (bicyclic) bond motifs is 1. The highest BCUT2D eigenvalue weighted by Crippen LogP contribution is 2.35. The van der Waals surface area contributed by atoms with E-state index in [0.717, 1.165) is 14.2 Å². The van der Waals surface area contributed by atoms with Crippen molar-refractivity contribution in [3.63, 3.8) is 0 Å². The Bertz CT molecular complexity index is 579. The van der Waals surface area contributed by atoms with Crippen molar-refractivity contribution in [2.45, 2.75) is 0 Å². The highest BCUT2D eigenvalue weighted by atomic mass is 19.2. The van der Waals surface area contributed by atoms with Gasteiger partial charge in [-0.05, 0) is 0 Å². The number of halogens is 4. The minimum Gasteiger partial charge on any atom is -0.479 e. The van der Waals surface area contributed by atoms with Gasteiger partial charge < -0.3 is 9.47 Å². The van der Waals surface area contributed by atoms with Crippen LogP contribution >= 0.6 is 0 Å². The van der Waals surface area contributed by atoms with Crippen LogP contribution in [-0.4, -0.2) is 24.4 Å². The molecule has 18 heavy (non-hydrogen) atoms. The van der Waals surface area contributed by atoms with Crippen molar-refractivity contribution in [2.24, 2.45) is 0 Å². The number of rotatable bonds is 2. The largest absolute Gasteiger partial charge is 0.479 e. The SMILES string of the molecule is COc1nnc(OC)c2c(F)c(F)c(F)c(F)c12. The van der Waals surface area contributed by atoms with Gasteiger partial charge in [0.1, 0.15) is 0 Å². The number of hydrogen-bond donors (Lipinski definition) is 0. The number of nitrogens with zero attached hydrogens (tertiary/aromatic N) is 2. The predicted molar refractivity (Wildman–Crippen MR) is 52.5 cm³/mol. The van der Waals surface area contributed by atoms with Crippen LogP contribution in [0, 0.1) is 23.3 Å². The lowest BCUT2D eigenvalue weighted by Crippen LogP contribution is -2.04. The van der Waals surface area contributed by atoms with E-state index in [-0.39, 0.29) is 0 Å². The molecule has 0 unspecified atom stereocenters. The van der Waals surface area contributed by atoms with Crippen molar-refractivity contribution in [1.82, 2.24) is 10.2 Å². The third-order valence-electron chi connectivity index (χ3n) is 2.31. The summed E-state index contributed by atoms with van der Waals surface area (Å²) in [6.07, 6.45) is 0. The Morgan fingerprint density at radius 1 is 0.667 bits per heavy atom. The maximum Gasteiger partial charge on any atom is 0.244 e. The number of hydrogen-bond acceptors (Lipinski definition) is 4. The number of ether oxygens (including phenoxy) is 2. The molecule has 96 valence electrons. The van der Waals surface area contributed by atoms with Gasteiger partial charge in [-0.15, -0.1) is 10.2 Å². The maximum absolute atomic E-state index is 13.6. The summed E-state index contributed by atoms with van der Waals surface area (Å²) in [5.74, 6) is -8.08. The van der Waals surface area contributed by atoms with Gasteiger partial charge in [-0.3, -0.25) is 0 Å². The summed E-state index contributed by atoms with van der Waals surface area (Å²) < 4.78 is 62.8. The molecule has 0 radical (unpaired) electrons. The Balaban J connectivity index is 3.06. The van der Waals surface area contributed by atoms with E-state index < -0.39 is 45.8 Å². The first-order valence-corrected chi connectivity index (χ1v) is 4.63. The van der Waals surface area contributed by atoms with Crippen LogP contribution < -0.4 is 9.47 Å². The summed E-state index contributed by atoms with van der Waals surface area (Å²) in [5, 5.41) is 5.42. The highest BCUT2D eigenvalue weighted by molar-refractivity contribution is 5.91. The molecule has 0 spiro atoms. The summed E-state index contributed by atoms with van der Waals surface area (Å²) in [4.78, 5) is 0. The quantitative estimate of drug-likeness (QED) is 0.473. The van der Waals surface area contributed by atoms with Gasteiger partial charge in [-0.2, -0.15) is 0 Å². The summed E-state index contributed by atoms with van der Waals surface area (Å²) in [5.41, 5.74) is 0. The zero-order valence-electron chi connectivity index (χ0n) is 9.22. The highest BCUT2D eigenvalue weighted by Gasteiger charge is 2.27. The molecule has 0 fully saturated rings. The molecule has 0 bridgehead atoms. The second-order valence-corrected chi connectivity index (χ2v) is 3.22. The van der Waals surface area contributed by atoms with Crippen molar-refractivity contribution in [3.05, 3.63) is 23.3 Å². The molecule has 0 N–H and O–H groups in total. The van der Waals surface area contributed by atoms with E-state index >= 15 is 0 Å². The molecule has 0 amide bonds. The third kappa shape index (κ3) is 1.52. The van der Waals surface area contributed by atoms with Crippen molar-refractivity contribution >= 4 is 10.8 Å². The van der Waals surface area contributed by atoms with Crippen LogP contribution in [-0.2, 0) is 0 Å². The first-order chi connectivity index (χ1) is 8.52. The first-order valence-electron chi connectivity index (χ1n) is 4.63. The fraction of sp³-hybridized carbons (Fsp3) is 0.200. The van der Waals surface area contributed by atoms with E-state index in [1.807, 2.05) is 0 Å². The molecule has 0 aliphatic rings. The fourth-order valence-corrected chi connectivity index (χ4v) is 1.51. The monoisotopic (exact) mass is 262 g/mol. The molecule has 0 saturated heterocycles. The van der Waals surface area contributed by atoms with Gasteiger partial charge in [-0.25, -0.2) is 17.6 Å². The smallest absolute Gasteiger partial charge is 0.244 e. The van der Waals surface area contributed by atoms with E-state index in [1.54, 1.807) is 0 Å². The van der Waals surface area contributed by atoms with Crippen LogP contribution in [0.5, 0.6) is 11.8 Å². The average Bonchev–Trinajstić information content (AvgIpc) is 2.40.